The molecule has 0 amide bonds. The van der Waals surface area contributed by atoms with Crippen molar-refractivity contribution < 1.29 is 40.2 Å². The number of carbonyl (C=O) groups is 2. The molecule has 1 unspecified atom stereocenters. The van der Waals surface area contributed by atoms with Gasteiger partial charge in [0.1, 0.15) is 18.9 Å². The maximum atomic E-state index is 13.6. The minimum absolute atomic E-state index is 0. The summed E-state index contributed by atoms with van der Waals surface area (Å²) >= 11 is 0. The fourth-order valence-corrected chi connectivity index (χ4v) is 5.45. The smallest absolute Gasteiger partial charge is 0.333 e. The van der Waals surface area contributed by atoms with Crippen LogP contribution in [0.2, 0.25) is 0 Å². The van der Waals surface area contributed by atoms with Crippen molar-refractivity contribution >= 4 is 17.4 Å². The topological polar surface area (TPSA) is 55.4 Å². The van der Waals surface area contributed by atoms with E-state index in [0.717, 1.165) is 37.2 Å². The van der Waals surface area contributed by atoms with Crippen molar-refractivity contribution in [1.29, 1.82) is 0 Å². The molecule has 1 N–H and O–H groups in total. The van der Waals surface area contributed by atoms with Crippen LogP contribution in [-0.2, 0) is 9.53 Å². The Hall–Kier alpha value is -3.03. The van der Waals surface area contributed by atoms with E-state index in [4.69, 9.17) is 4.74 Å². The van der Waals surface area contributed by atoms with E-state index < -0.39 is 6.04 Å². The van der Waals surface area contributed by atoms with Crippen molar-refractivity contribution in [2.45, 2.75) is 25.0 Å². The molecule has 0 saturated carbocycles. The molecule has 3 aromatic carbocycles. The van der Waals surface area contributed by atoms with Gasteiger partial charge in [-0.25, -0.2) is 9.18 Å². The van der Waals surface area contributed by atoms with E-state index in [2.05, 4.69) is 5.32 Å². The zero-order chi connectivity index (χ0) is 24.3. The number of carbonyl (C=O) groups excluding carboxylic acids is 2. The Balaban J connectivity index is 0.00000304. The zero-order valence-electron chi connectivity index (χ0n) is 20.0. The molecule has 36 heavy (non-hydrogen) atoms. The largest absolute Gasteiger partial charge is 1.00 e. The van der Waals surface area contributed by atoms with Crippen LogP contribution in [0.4, 0.5) is 10.1 Å². The number of esters is 1. The fraction of sp³-hybridized carbons (Fsp3) is 0.310. The monoisotopic (exact) mass is 552 g/mol. The summed E-state index contributed by atoms with van der Waals surface area (Å²) in [6.45, 7) is 2.94. The third-order valence-corrected chi connectivity index (χ3v) is 7.41. The lowest BCUT2D eigenvalue weighted by atomic mass is 9.82. The number of nitrogens with one attached hydrogen (secondary N) is 1. The number of rotatable bonds is 8. The van der Waals surface area contributed by atoms with Crippen molar-refractivity contribution in [2.75, 3.05) is 31.5 Å². The normalized spacial score (nSPS) is 23.2. The van der Waals surface area contributed by atoms with Gasteiger partial charge in [-0.05, 0) is 29.8 Å². The molecular formula is C29H30BrFN2O3. The molecule has 0 radical (unpaired) electrons. The predicted molar refractivity (Wildman–Crippen MR) is 132 cm³/mol. The number of hydrogen-bond acceptors (Lipinski definition) is 4. The van der Waals surface area contributed by atoms with Crippen LogP contribution in [0.25, 0.3) is 0 Å². The van der Waals surface area contributed by atoms with Crippen LogP contribution in [-0.4, -0.2) is 48.5 Å². The molecule has 3 aliphatic rings. The number of piperidine rings is 3. The molecule has 0 spiro atoms. The Morgan fingerprint density at radius 2 is 1.53 bits per heavy atom. The lowest BCUT2D eigenvalue weighted by molar-refractivity contribution is -0.938. The first-order chi connectivity index (χ1) is 17.0. The summed E-state index contributed by atoms with van der Waals surface area (Å²) in [5.74, 6) is -0.304. The molecule has 2 bridgehead atoms. The van der Waals surface area contributed by atoms with Gasteiger partial charge in [-0.1, -0.05) is 60.7 Å². The third kappa shape index (κ3) is 5.85. The van der Waals surface area contributed by atoms with Gasteiger partial charge in [0.05, 0.1) is 13.1 Å². The molecule has 0 aliphatic carbocycles. The van der Waals surface area contributed by atoms with Crippen LogP contribution < -0.4 is 22.3 Å². The summed E-state index contributed by atoms with van der Waals surface area (Å²) in [7, 11) is 0. The number of hydrogen-bond donors (Lipinski definition) is 1. The SMILES string of the molecule is O=C(C[N+]12CCC(CC1)[C@@H](OC(=O)C(Nc1ccccc1)c1ccc(F)cc1)C2)c1ccccc1.[Br-]. The van der Waals surface area contributed by atoms with Gasteiger partial charge in [-0.15, -0.1) is 0 Å². The molecule has 188 valence electrons. The third-order valence-electron chi connectivity index (χ3n) is 7.41. The standard InChI is InChI=1S/C29H30FN2O3.BrH/c30-24-13-11-23(12-14-24)28(31-25-9-5-2-6-10-25)29(34)35-27-20-32(17-15-22(27)16-18-32)19-26(33)21-7-3-1-4-8-21;/h1-14,22,27-28,31H,15-20H2;1H/q+1;/p-1/t22?,27-,28?,32?;/m0./s1. The number of ether oxygens (including phenoxy) is 1. The van der Waals surface area contributed by atoms with Crippen molar-refractivity contribution in [2.24, 2.45) is 5.92 Å². The number of Topliss-reactive ketones (excluding diaryl/α,β-unsaturated/α-hetero) is 1. The maximum Gasteiger partial charge on any atom is 0.333 e. The fourth-order valence-electron chi connectivity index (χ4n) is 5.45. The van der Waals surface area contributed by atoms with Crippen LogP contribution in [0, 0.1) is 11.7 Å². The summed E-state index contributed by atoms with van der Waals surface area (Å²) in [5.41, 5.74) is 2.15. The zero-order valence-corrected chi connectivity index (χ0v) is 21.6. The van der Waals surface area contributed by atoms with Crippen LogP contribution in [0.5, 0.6) is 0 Å². The first-order valence-corrected chi connectivity index (χ1v) is 12.2. The number of nitrogens with zero attached hydrogens (tertiary/aromatic N) is 1. The number of anilines is 1. The van der Waals surface area contributed by atoms with Crippen molar-refractivity contribution in [1.82, 2.24) is 0 Å². The van der Waals surface area contributed by atoms with Crippen molar-refractivity contribution in [3.05, 3.63) is 102 Å². The second kappa shape index (κ2) is 11.4. The Morgan fingerprint density at radius 1 is 0.917 bits per heavy atom. The first kappa shape index (κ1) is 26.0. The van der Waals surface area contributed by atoms with Gasteiger partial charge in [0, 0.05) is 30.0 Å². The van der Waals surface area contributed by atoms with Gasteiger partial charge in [-0.2, -0.15) is 0 Å². The van der Waals surface area contributed by atoms with Crippen molar-refractivity contribution in [3.63, 3.8) is 0 Å². The number of fused-ring (bicyclic) bond motifs is 3. The Bertz CT molecular complexity index is 1170. The van der Waals surface area contributed by atoms with E-state index in [9.17, 15) is 14.0 Å². The highest BCUT2D eigenvalue weighted by Crippen LogP contribution is 2.36. The van der Waals surface area contributed by atoms with Crippen LogP contribution >= 0.6 is 0 Å². The number of quaternary nitrogens is 1. The molecule has 2 atom stereocenters. The Morgan fingerprint density at radius 3 is 2.17 bits per heavy atom. The summed E-state index contributed by atoms with van der Waals surface area (Å²) in [5, 5.41) is 3.26. The van der Waals surface area contributed by atoms with Gasteiger partial charge >= 0.3 is 5.97 Å². The second-order valence-electron chi connectivity index (χ2n) is 9.73. The predicted octanol–water partition coefficient (Wildman–Crippen LogP) is 2.02. The highest BCUT2D eigenvalue weighted by atomic mass is 79.9. The van der Waals surface area contributed by atoms with E-state index in [1.54, 1.807) is 12.1 Å². The van der Waals surface area contributed by atoms with Gasteiger partial charge in [0.25, 0.3) is 0 Å². The molecule has 5 nitrogen and oxygen atoms in total. The quantitative estimate of drug-likeness (QED) is 0.264. The Labute approximate surface area is 221 Å². The van der Waals surface area contributed by atoms with Crippen molar-refractivity contribution in [3.8, 4) is 0 Å². The second-order valence-corrected chi connectivity index (χ2v) is 9.73. The molecule has 7 heteroatoms. The van der Waals surface area contributed by atoms with E-state index >= 15 is 0 Å². The number of halogens is 2. The van der Waals surface area contributed by atoms with Gasteiger partial charge < -0.3 is 31.5 Å². The molecule has 3 aromatic rings. The first-order valence-electron chi connectivity index (χ1n) is 12.2. The minimum atomic E-state index is -0.757. The van der Waals surface area contributed by atoms with Crippen LogP contribution in [0.1, 0.15) is 34.8 Å². The molecule has 6 rings (SSSR count). The summed E-state index contributed by atoms with van der Waals surface area (Å²) in [6, 6.07) is 24.0. The molecule has 0 aromatic heterocycles. The Kier molecular flexibility index (Phi) is 8.21. The van der Waals surface area contributed by atoms with Crippen LogP contribution in [0.3, 0.4) is 0 Å². The van der Waals surface area contributed by atoms with E-state index in [1.165, 1.54) is 12.1 Å². The van der Waals surface area contributed by atoms with Gasteiger partial charge in [-0.3, -0.25) is 4.79 Å². The maximum absolute atomic E-state index is 13.6. The summed E-state index contributed by atoms with van der Waals surface area (Å²) in [4.78, 5) is 26.5. The van der Waals surface area contributed by atoms with Gasteiger partial charge in [0.2, 0.25) is 5.78 Å². The molecule has 3 fully saturated rings. The van der Waals surface area contributed by atoms with E-state index in [0.29, 0.717) is 29.1 Å². The number of benzene rings is 3. The van der Waals surface area contributed by atoms with E-state index in [1.807, 2.05) is 60.7 Å². The highest BCUT2D eigenvalue weighted by Gasteiger charge is 2.49. The lowest BCUT2D eigenvalue weighted by Gasteiger charge is -2.51. The average molecular weight is 553 g/mol. The van der Waals surface area contributed by atoms with E-state index in [-0.39, 0.29) is 40.7 Å². The minimum Gasteiger partial charge on any atom is -1.00 e. The molecule has 3 saturated heterocycles. The van der Waals surface area contributed by atoms with Crippen LogP contribution in [0.15, 0.2) is 84.9 Å². The number of ketones is 1. The molecular weight excluding hydrogens is 523 g/mol. The summed E-state index contributed by atoms with van der Waals surface area (Å²) in [6.07, 6.45) is 1.63. The number of para-hydroxylation sites is 1. The summed E-state index contributed by atoms with van der Waals surface area (Å²) < 4.78 is 20.4. The molecule has 3 heterocycles. The average Bonchev–Trinajstić information content (AvgIpc) is 2.89. The molecule has 3 aliphatic heterocycles. The van der Waals surface area contributed by atoms with Gasteiger partial charge in [0.15, 0.2) is 12.1 Å². The highest BCUT2D eigenvalue weighted by molar-refractivity contribution is 5.97. The lowest BCUT2D eigenvalue weighted by Crippen LogP contribution is -3.00.